The zero-order valence-corrected chi connectivity index (χ0v) is 12.6. The first kappa shape index (κ1) is 13.6. The summed E-state index contributed by atoms with van der Waals surface area (Å²) in [5.41, 5.74) is 0.943. The fraction of sp³-hybridized carbons (Fsp3) is 0.444. The van der Waals surface area contributed by atoms with Gasteiger partial charge in [0.05, 0.1) is 18.6 Å². The highest BCUT2D eigenvalue weighted by molar-refractivity contribution is 5.80. The van der Waals surface area contributed by atoms with Crippen molar-refractivity contribution in [1.82, 2.24) is 9.88 Å². The zero-order chi connectivity index (χ0) is 14.9. The topological polar surface area (TPSA) is 42.4 Å². The molecule has 2 aliphatic rings. The van der Waals surface area contributed by atoms with Crippen LogP contribution in [0.1, 0.15) is 25.7 Å². The summed E-state index contributed by atoms with van der Waals surface area (Å²) in [7, 11) is 0. The molecule has 4 heteroatoms. The fourth-order valence-electron chi connectivity index (χ4n) is 3.41. The predicted molar refractivity (Wildman–Crippen MR) is 84.7 cm³/mol. The van der Waals surface area contributed by atoms with Crippen molar-refractivity contribution in [2.45, 2.75) is 31.8 Å². The minimum absolute atomic E-state index is 0.0824. The van der Waals surface area contributed by atoms with Crippen molar-refractivity contribution >= 4 is 16.8 Å². The van der Waals surface area contributed by atoms with E-state index in [9.17, 15) is 4.79 Å². The van der Waals surface area contributed by atoms with Crippen LogP contribution in [0, 0.1) is 5.92 Å². The summed E-state index contributed by atoms with van der Waals surface area (Å²) >= 11 is 0. The van der Waals surface area contributed by atoms with E-state index in [1.54, 1.807) is 0 Å². The van der Waals surface area contributed by atoms with Crippen LogP contribution in [0.5, 0.6) is 5.88 Å². The maximum absolute atomic E-state index is 12.3. The van der Waals surface area contributed by atoms with Crippen LogP contribution in [0.15, 0.2) is 36.4 Å². The highest BCUT2D eigenvalue weighted by Gasteiger charge is 2.36. The van der Waals surface area contributed by atoms with E-state index >= 15 is 0 Å². The van der Waals surface area contributed by atoms with E-state index in [2.05, 4.69) is 4.98 Å². The number of pyridine rings is 1. The number of hydrogen-bond donors (Lipinski definition) is 0. The van der Waals surface area contributed by atoms with Crippen molar-refractivity contribution in [2.24, 2.45) is 5.92 Å². The van der Waals surface area contributed by atoms with Crippen molar-refractivity contribution in [3.8, 4) is 5.88 Å². The number of aromatic nitrogens is 1. The number of hydrogen-bond acceptors (Lipinski definition) is 3. The molecule has 1 amide bonds. The monoisotopic (exact) mass is 296 g/mol. The average Bonchev–Trinajstić information content (AvgIpc) is 3.04. The van der Waals surface area contributed by atoms with Crippen molar-refractivity contribution in [1.29, 1.82) is 0 Å². The summed E-state index contributed by atoms with van der Waals surface area (Å²) in [6.45, 7) is 1.40. The molecule has 2 fully saturated rings. The summed E-state index contributed by atoms with van der Waals surface area (Å²) in [6.07, 6.45) is 4.61. The molecule has 4 nitrogen and oxygen atoms in total. The Bertz CT molecular complexity index is 688. The Morgan fingerprint density at radius 3 is 2.68 bits per heavy atom. The second-order valence-electron chi connectivity index (χ2n) is 6.31. The number of carbonyl (C=O) groups excluding carboxylic acids is 1. The summed E-state index contributed by atoms with van der Waals surface area (Å²) in [5.74, 6) is 1.24. The normalized spacial score (nSPS) is 19.4. The smallest absolute Gasteiger partial charge is 0.225 e. The molecule has 1 saturated carbocycles. The fourth-order valence-corrected chi connectivity index (χ4v) is 3.41. The minimum Gasteiger partial charge on any atom is -0.471 e. The molecule has 1 aromatic carbocycles. The molecule has 0 bridgehead atoms. The highest BCUT2D eigenvalue weighted by Crippen LogP contribution is 2.29. The van der Waals surface area contributed by atoms with E-state index in [0.29, 0.717) is 24.9 Å². The summed E-state index contributed by atoms with van der Waals surface area (Å²) in [5, 5.41) is 1.11. The van der Waals surface area contributed by atoms with Gasteiger partial charge in [0, 0.05) is 17.4 Å². The maximum atomic E-state index is 12.3. The SMILES string of the molecule is O=C(C1CCCC1)N1CC(Oc2ccc3ccccc3n2)C1. The van der Waals surface area contributed by atoms with Gasteiger partial charge in [0.15, 0.2) is 0 Å². The molecule has 2 aromatic rings. The van der Waals surface area contributed by atoms with Crippen LogP contribution >= 0.6 is 0 Å². The van der Waals surface area contributed by atoms with Crippen LogP contribution in [0.3, 0.4) is 0 Å². The predicted octanol–water partition coefficient (Wildman–Crippen LogP) is 3.01. The molecule has 1 saturated heterocycles. The quantitative estimate of drug-likeness (QED) is 0.874. The van der Waals surface area contributed by atoms with Gasteiger partial charge in [-0.1, -0.05) is 31.0 Å². The molecular weight excluding hydrogens is 276 g/mol. The first-order valence-electron chi connectivity index (χ1n) is 8.11. The van der Waals surface area contributed by atoms with Crippen LogP contribution in [0.25, 0.3) is 10.9 Å². The Labute approximate surface area is 130 Å². The van der Waals surface area contributed by atoms with Gasteiger partial charge in [-0.2, -0.15) is 0 Å². The van der Waals surface area contributed by atoms with Gasteiger partial charge in [-0.05, 0) is 25.0 Å². The molecular formula is C18H20N2O2. The number of likely N-dealkylation sites (tertiary alicyclic amines) is 1. The number of rotatable bonds is 3. The largest absolute Gasteiger partial charge is 0.471 e. The van der Waals surface area contributed by atoms with Gasteiger partial charge in [-0.3, -0.25) is 4.79 Å². The zero-order valence-electron chi connectivity index (χ0n) is 12.6. The molecule has 2 heterocycles. The average molecular weight is 296 g/mol. The van der Waals surface area contributed by atoms with E-state index in [4.69, 9.17) is 4.74 Å². The second-order valence-corrected chi connectivity index (χ2v) is 6.31. The highest BCUT2D eigenvalue weighted by atomic mass is 16.5. The third kappa shape index (κ3) is 2.54. The van der Waals surface area contributed by atoms with Crippen LogP contribution in [0.4, 0.5) is 0 Å². The molecule has 0 radical (unpaired) electrons. The van der Waals surface area contributed by atoms with E-state index in [1.807, 2.05) is 41.3 Å². The van der Waals surface area contributed by atoms with Crippen molar-refractivity contribution in [3.63, 3.8) is 0 Å². The van der Waals surface area contributed by atoms with Crippen molar-refractivity contribution in [2.75, 3.05) is 13.1 Å². The molecule has 1 aromatic heterocycles. The molecule has 22 heavy (non-hydrogen) atoms. The molecule has 1 aliphatic carbocycles. The van der Waals surface area contributed by atoms with Crippen molar-refractivity contribution in [3.05, 3.63) is 36.4 Å². The summed E-state index contributed by atoms with van der Waals surface area (Å²) in [4.78, 5) is 18.7. The lowest BCUT2D eigenvalue weighted by atomic mass is 10.0. The van der Waals surface area contributed by atoms with Crippen molar-refractivity contribution < 1.29 is 9.53 Å². The van der Waals surface area contributed by atoms with Gasteiger partial charge < -0.3 is 9.64 Å². The van der Waals surface area contributed by atoms with E-state index < -0.39 is 0 Å². The number of amides is 1. The molecule has 0 unspecified atom stereocenters. The van der Waals surface area contributed by atoms with Gasteiger partial charge in [0.25, 0.3) is 0 Å². The van der Waals surface area contributed by atoms with Crippen LogP contribution in [-0.4, -0.2) is 35.0 Å². The van der Waals surface area contributed by atoms with Gasteiger partial charge in [0.1, 0.15) is 6.10 Å². The molecule has 0 N–H and O–H groups in total. The molecule has 4 rings (SSSR count). The Balaban J connectivity index is 1.35. The lowest BCUT2D eigenvalue weighted by Crippen LogP contribution is -2.57. The van der Waals surface area contributed by atoms with Gasteiger partial charge >= 0.3 is 0 Å². The summed E-state index contributed by atoms with van der Waals surface area (Å²) in [6, 6.07) is 11.9. The third-order valence-electron chi connectivity index (χ3n) is 4.72. The molecule has 0 spiro atoms. The number of para-hydroxylation sites is 1. The Kier molecular flexibility index (Phi) is 3.45. The first-order chi connectivity index (χ1) is 10.8. The molecule has 1 aliphatic heterocycles. The lowest BCUT2D eigenvalue weighted by molar-refractivity contribution is -0.144. The molecule has 0 atom stereocenters. The lowest BCUT2D eigenvalue weighted by Gasteiger charge is -2.40. The number of fused-ring (bicyclic) bond motifs is 1. The number of ether oxygens (including phenoxy) is 1. The van der Waals surface area contributed by atoms with Crippen LogP contribution < -0.4 is 4.74 Å². The standard InChI is InChI=1S/C18H20N2O2/c21-18(14-6-1-2-7-14)20-11-15(12-20)22-17-10-9-13-5-3-4-8-16(13)19-17/h3-5,8-10,14-15H,1-2,6-7,11-12H2. The molecule has 114 valence electrons. The number of benzene rings is 1. The van der Waals surface area contributed by atoms with E-state index in [0.717, 1.165) is 23.7 Å². The van der Waals surface area contributed by atoms with E-state index in [-0.39, 0.29) is 12.0 Å². The Morgan fingerprint density at radius 1 is 1.09 bits per heavy atom. The first-order valence-corrected chi connectivity index (χ1v) is 8.11. The third-order valence-corrected chi connectivity index (χ3v) is 4.72. The van der Waals surface area contributed by atoms with Crippen LogP contribution in [0.2, 0.25) is 0 Å². The Hall–Kier alpha value is -2.10. The van der Waals surface area contributed by atoms with Gasteiger partial charge in [0.2, 0.25) is 11.8 Å². The van der Waals surface area contributed by atoms with E-state index in [1.165, 1.54) is 12.8 Å². The van der Waals surface area contributed by atoms with Crippen LogP contribution in [-0.2, 0) is 4.79 Å². The maximum Gasteiger partial charge on any atom is 0.225 e. The second kappa shape index (κ2) is 5.59. The van der Waals surface area contributed by atoms with Gasteiger partial charge in [-0.15, -0.1) is 0 Å². The number of carbonyl (C=O) groups is 1. The Morgan fingerprint density at radius 2 is 1.86 bits per heavy atom. The van der Waals surface area contributed by atoms with Gasteiger partial charge in [-0.25, -0.2) is 4.98 Å². The minimum atomic E-state index is 0.0824. The number of nitrogens with zero attached hydrogens (tertiary/aromatic N) is 2. The summed E-state index contributed by atoms with van der Waals surface area (Å²) < 4.78 is 5.90.